The minimum Gasteiger partial charge on any atom is -0.397 e. The fourth-order valence-corrected chi connectivity index (χ4v) is 6.85. The maximum atomic E-state index is 5.69. The van der Waals surface area contributed by atoms with Crippen molar-refractivity contribution >= 4 is 20.3 Å². The van der Waals surface area contributed by atoms with Crippen molar-refractivity contribution in [2.24, 2.45) is 0 Å². The van der Waals surface area contributed by atoms with Gasteiger partial charge in [-0.05, 0) is 23.7 Å². The number of methoxy groups -OCH3 is 1. The summed E-state index contributed by atoms with van der Waals surface area (Å²) in [6.45, 7) is 2.15. The minimum absolute atomic E-state index is 0.00275. The largest absolute Gasteiger partial charge is 0.397 e. The van der Waals surface area contributed by atoms with Crippen molar-refractivity contribution in [1.29, 1.82) is 0 Å². The summed E-state index contributed by atoms with van der Waals surface area (Å²) in [4.78, 5) is 4.03. The average molecular weight is 301 g/mol. The number of ether oxygens (including phenoxy) is 1. The molecule has 0 aliphatic carbocycles. The number of hydrogen-bond donors (Lipinski definition) is 0. The molecule has 1 aromatic rings. The highest BCUT2D eigenvalue weighted by Gasteiger charge is 2.35. The lowest BCUT2D eigenvalue weighted by molar-refractivity contribution is 0.175. The van der Waals surface area contributed by atoms with Crippen molar-refractivity contribution in [2.75, 3.05) is 26.7 Å². The Kier molecular flexibility index (Phi) is 7.63. The van der Waals surface area contributed by atoms with Gasteiger partial charge >= 0.3 is 8.56 Å². The molecular formula is C13H23NO3SSi. The van der Waals surface area contributed by atoms with Crippen LogP contribution >= 0.6 is 11.8 Å². The topological polar surface area (TPSA) is 40.6 Å². The molecule has 0 aliphatic rings. The second kappa shape index (κ2) is 8.71. The Bertz CT molecular complexity index is 349. The Morgan fingerprint density at radius 3 is 2.32 bits per heavy atom. The van der Waals surface area contributed by atoms with E-state index in [1.807, 2.05) is 12.1 Å². The predicted molar refractivity (Wildman–Crippen MR) is 81.3 cm³/mol. The third-order valence-corrected chi connectivity index (χ3v) is 8.97. The number of nitrogens with zero attached hydrogens (tertiary/aromatic N) is 1. The highest BCUT2D eigenvalue weighted by atomic mass is 32.2. The monoisotopic (exact) mass is 301 g/mol. The van der Waals surface area contributed by atoms with Gasteiger partial charge in [-0.2, -0.15) is 0 Å². The van der Waals surface area contributed by atoms with Gasteiger partial charge in [-0.1, -0.05) is 13.3 Å². The third kappa shape index (κ3) is 4.89. The van der Waals surface area contributed by atoms with Crippen molar-refractivity contribution in [3.05, 3.63) is 30.1 Å². The van der Waals surface area contributed by atoms with E-state index in [0.29, 0.717) is 0 Å². The average Bonchev–Trinajstić information content (AvgIpc) is 2.48. The van der Waals surface area contributed by atoms with E-state index in [1.54, 1.807) is 45.5 Å². The molecule has 1 atom stereocenters. The number of hydrogen-bond acceptors (Lipinski definition) is 5. The Balaban J connectivity index is 2.66. The Morgan fingerprint density at radius 1 is 1.21 bits per heavy atom. The van der Waals surface area contributed by atoms with Gasteiger partial charge in [0.25, 0.3) is 0 Å². The summed E-state index contributed by atoms with van der Waals surface area (Å²) in [5, 5.41) is 0.856. The maximum Gasteiger partial charge on any atom is 0.347 e. The minimum atomic E-state index is -2.09. The zero-order valence-electron chi connectivity index (χ0n) is 12.1. The quantitative estimate of drug-likeness (QED) is 0.517. The van der Waals surface area contributed by atoms with Gasteiger partial charge in [-0.15, -0.1) is 11.8 Å². The molecule has 108 valence electrons. The Morgan fingerprint density at radius 2 is 1.84 bits per heavy atom. The van der Waals surface area contributed by atoms with Crippen LogP contribution in [0.4, 0.5) is 0 Å². The van der Waals surface area contributed by atoms with Crippen LogP contribution in [0.15, 0.2) is 24.5 Å². The molecule has 0 radical (unpaired) electrons. The van der Waals surface area contributed by atoms with Gasteiger partial charge in [0.05, 0.1) is 0 Å². The number of pyridine rings is 1. The first-order valence-electron chi connectivity index (χ1n) is 6.36. The first kappa shape index (κ1) is 16.7. The van der Waals surface area contributed by atoms with Gasteiger partial charge in [0.15, 0.2) is 0 Å². The van der Waals surface area contributed by atoms with Crippen LogP contribution < -0.4 is 0 Å². The molecule has 0 bridgehead atoms. The molecule has 0 aliphatic heterocycles. The fraction of sp³-hybridized carbons (Fsp3) is 0.615. The van der Waals surface area contributed by atoms with Gasteiger partial charge in [-0.3, -0.25) is 4.98 Å². The zero-order chi connectivity index (χ0) is 14.1. The van der Waals surface area contributed by atoms with Crippen LogP contribution in [0.2, 0.25) is 6.04 Å². The van der Waals surface area contributed by atoms with E-state index in [-0.39, 0.29) is 5.44 Å². The molecule has 0 aromatic carbocycles. The fourth-order valence-electron chi connectivity index (χ4n) is 1.88. The molecule has 1 unspecified atom stereocenters. The van der Waals surface area contributed by atoms with Crippen molar-refractivity contribution in [3.8, 4) is 0 Å². The highest BCUT2D eigenvalue weighted by Crippen LogP contribution is 2.32. The third-order valence-electron chi connectivity index (χ3n) is 3.02. The predicted octanol–water partition coefficient (Wildman–Crippen LogP) is 3.14. The summed E-state index contributed by atoms with van der Waals surface area (Å²) in [6, 6.07) is 4.95. The van der Waals surface area contributed by atoms with Gasteiger partial charge in [0.2, 0.25) is 0 Å². The zero-order valence-corrected chi connectivity index (χ0v) is 13.9. The van der Waals surface area contributed by atoms with Gasteiger partial charge in [0, 0.05) is 39.1 Å². The van der Waals surface area contributed by atoms with Crippen molar-refractivity contribution in [2.45, 2.75) is 24.8 Å². The molecule has 0 fully saturated rings. The van der Waals surface area contributed by atoms with Crippen LogP contribution in [0.1, 0.15) is 24.3 Å². The SMILES string of the molecule is CCC[Si](CSC(OC)c1ccncc1)(OC)OC. The van der Waals surface area contributed by atoms with Crippen molar-refractivity contribution < 1.29 is 13.6 Å². The molecule has 4 nitrogen and oxygen atoms in total. The normalized spacial score (nSPS) is 13.5. The van der Waals surface area contributed by atoms with E-state index >= 15 is 0 Å². The molecule has 0 amide bonds. The van der Waals surface area contributed by atoms with E-state index in [2.05, 4.69) is 11.9 Å². The number of aromatic nitrogens is 1. The Hall–Kier alpha value is -0.403. The van der Waals surface area contributed by atoms with Crippen LogP contribution in [-0.2, 0) is 13.6 Å². The summed E-state index contributed by atoms with van der Waals surface area (Å²) in [5.74, 6) is 0. The maximum absolute atomic E-state index is 5.69. The summed E-state index contributed by atoms with van der Waals surface area (Å²) >= 11 is 1.73. The molecule has 0 spiro atoms. The molecule has 0 saturated carbocycles. The van der Waals surface area contributed by atoms with Crippen LogP contribution in [0.25, 0.3) is 0 Å². The van der Waals surface area contributed by atoms with E-state index in [4.69, 9.17) is 13.6 Å². The summed E-state index contributed by atoms with van der Waals surface area (Å²) in [7, 11) is 3.14. The van der Waals surface area contributed by atoms with Gasteiger partial charge in [-0.25, -0.2) is 0 Å². The summed E-state index contributed by atoms with van der Waals surface area (Å²) < 4.78 is 16.9. The molecule has 0 saturated heterocycles. The van der Waals surface area contributed by atoms with Gasteiger partial charge in [0.1, 0.15) is 5.44 Å². The second-order valence-corrected chi connectivity index (χ2v) is 9.28. The molecule has 19 heavy (non-hydrogen) atoms. The smallest absolute Gasteiger partial charge is 0.347 e. The van der Waals surface area contributed by atoms with Crippen LogP contribution in [-0.4, -0.2) is 40.3 Å². The molecule has 6 heteroatoms. The number of thioether (sulfide) groups is 1. The van der Waals surface area contributed by atoms with E-state index in [1.165, 1.54) is 0 Å². The summed E-state index contributed by atoms with van der Waals surface area (Å²) in [5.41, 5.74) is 1.12. The van der Waals surface area contributed by atoms with Crippen LogP contribution in [0, 0.1) is 0 Å². The number of rotatable bonds is 9. The van der Waals surface area contributed by atoms with Gasteiger partial charge < -0.3 is 13.6 Å². The Labute approximate surface area is 121 Å². The highest BCUT2D eigenvalue weighted by molar-refractivity contribution is 8.00. The lowest BCUT2D eigenvalue weighted by Gasteiger charge is -2.28. The van der Waals surface area contributed by atoms with Crippen molar-refractivity contribution in [1.82, 2.24) is 4.98 Å². The molecule has 0 N–H and O–H groups in total. The van der Waals surface area contributed by atoms with Crippen molar-refractivity contribution in [3.63, 3.8) is 0 Å². The first-order valence-corrected chi connectivity index (χ1v) is 9.64. The van der Waals surface area contributed by atoms with E-state index < -0.39 is 8.56 Å². The lowest BCUT2D eigenvalue weighted by atomic mass is 10.3. The van der Waals surface area contributed by atoms with Crippen LogP contribution in [0.3, 0.4) is 0 Å². The van der Waals surface area contributed by atoms with E-state index in [9.17, 15) is 0 Å². The molecule has 1 aromatic heterocycles. The molecular weight excluding hydrogens is 278 g/mol. The summed E-state index contributed by atoms with van der Waals surface area (Å²) in [6.07, 6.45) is 4.64. The first-order chi connectivity index (χ1) is 9.21. The molecule has 1 heterocycles. The van der Waals surface area contributed by atoms with Crippen LogP contribution in [0.5, 0.6) is 0 Å². The lowest BCUT2D eigenvalue weighted by Crippen LogP contribution is -2.43. The van der Waals surface area contributed by atoms with E-state index in [0.717, 1.165) is 23.4 Å². The standard InChI is InChI=1S/C13H23NO3SSi/c1-5-10-19(16-3,17-4)11-18-13(15-2)12-6-8-14-9-7-12/h6-9,13H,5,10-11H2,1-4H3. The molecule has 1 rings (SSSR count). The second-order valence-electron chi connectivity index (χ2n) is 4.23.